The normalized spacial score (nSPS) is 11.4. The first-order valence-corrected chi connectivity index (χ1v) is 6.28. The molecular formula is C12H19N7O. The Morgan fingerprint density at radius 3 is 2.45 bits per heavy atom. The molecule has 0 unspecified atom stereocenters. The van der Waals surface area contributed by atoms with Crippen molar-refractivity contribution in [1.29, 1.82) is 0 Å². The standard InChI is InChI=1S/C12H19N7O/c1-7-15-10(20-19-7)6-14-8-5-9(18-13)17-11(16-8)12(2,3)4/h5H,6,13H2,1-4H3,(H2,14,16,17,18). The molecule has 0 bridgehead atoms. The molecule has 0 fully saturated rings. The average molecular weight is 277 g/mol. The van der Waals surface area contributed by atoms with E-state index < -0.39 is 0 Å². The molecule has 8 heteroatoms. The third kappa shape index (κ3) is 3.41. The van der Waals surface area contributed by atoms with Crippen molar-refractivity contribution in [2.75, 3.05) is 10.7 Å². The molecule has 2 aromatic rings. The lowest BCUT2D eigenvalue weighted by Gasteiger charge is -2.18. The second-order valence-corrected chi connectivity index (χ2v) is 5.45. The number of aromatic nitrogens is 4. The summed E-state index contributed by atoms with van der Waals surface area (Å²) < 4.78 is 5.03. The highest BCUT2D eigenvalue weighted by Crippen LogP contribution is 2.22. The van der Waals surface area contributed by atoms with E-state index in [9.17, 15) is 0 Å². The van der Waals surface area contributed by atoms with E-state index in [1.807, 2.05) is 20.8 Å². The highest BCUT2D eigenvalue weighted by Gasteiger charge is 2.19. The van der Waals surface area contributed by atoms with Crippen molar-refractivity contribution in [2.45, 2.75) is 39.7 Å². The zero-order valence-electron chi connectivity index (χ0n) is 12.1. The Bertz CT molecular complexity index is 588. The van der Waals surface area contributed by atoms with Crippen LogP contribution in [-0.4, -0.2) is 20.1 Å². The minimum absolute atomic E-state index is 0.176. The molecule has 0 saturated carbocycles. The maximum absolute atomic E-state index is 5.43. The molecule has 108 valence electrons. The van der Waals surface area contributed by atoms with Gasteiger partial charge < -0.3 is 15.3 Å². The molecule has 0 saturated heterocycles. The maximum Gasteiger partial charge on any atom is 0.245 e. The van der Waals surface area contributed by atoms with Gasteiger partial charge in [0.2, 0.25) is 5.89 Å². The Morgan fingerprint density at radius 1 is 1.20 bits per heavy atom. The van der Waals surface area contributed by atoms with E-state index in [1.165, 1.54) is 0 Å². The Hall–Kier alpha value is -2.22. The number of nitrogen functional groups attached to an aromatic ring is 1. The predicted molar refractivity (Wildman–Crippen MR) is 74.9 cm³/mol. The number of aryl methyl sites for hydroxylation is 1. The van der Waals surface area contributed by atoms with Crippen LogP contribution < -0.4 is 16.6 Å². The SMILES string of the molecule is Cc1noc(CNc2cc(NN)nc(C(C)(C)C)n2)n1. The number of nitrogens with two attached hydrogens (primary N) is 1. The van der Waals surface area contributed by atoms with Gasteiger partial charge in [0.15, 0.2) is 5.82 Å². The van der Waals surface area contributed by atoms with E-state index in [0.29, 0.717) is 35.7 Å². The number of hydrazine groups is 1. The summed E-state index contributed by atoms with van der Waals surface area (Å²) in [5.74, 6) is 8.42. The molecule has 20 heavy (non-hydrogen) atoms. The molecule has 0 amide bonds. The Kier molecular flexibility index (Phi) is 3.84. The molecule has 8 nitrogen and oxygen atoms in total. The van der Waals surface area contributed by atoms with Gasteiger partial charge in [0, 0.05) is 11.5 Å². The largest absolute Gasteiger partial charge is 0.361 e. The van der Waals surface area contributed by atoms with E-state index >= 15 is 0 Å². The van der Waals surface area contributed by atoms with Gasteiger partial charge in [0.1, 0.15) is 17.5 Å². The summed E-state index contributed by atoms with van der Waals surface area (Å²) >= 11 is 0. The number of nitrogens with zero attached hydrogens (tertiary/aromatic N) is 4. The number of hydrogen-bond acceptors (Lipinski definition) is 8. The number of rotatable bonds is 4. The van der Waals surface area contributed by atoms with Crippen LogP contribution in [0.2, 0.25) is 0 Å². The van der Waals surface area contributed by atoms with Crippen molar-refractivity contribution in [3.05, 3.63) is 23.6 Å². The van der Waals surface area contributed by atoms with Crippen molar-refractivity contribution in [2.24, 2.45) is 5.84 Å². The smallest absolute Gasteiger partial charge is 0.245 e. The Labute approximate surface area is 117 Å². The topological polar surface area (TPSA) is 115 Å². The molecule has 2 aromatic heterocycles. The lowest BCUT2D eigenvalue weighted by molar-refractivity contribution is 0.379. The first-order chi connectivity index (χ1) is 9.38. The van der Waals surface area contributed by atoms with Gasteiger partial charge >= 0.3 is 0 Å². The predicted octanol–water partition coefficient (Wildman–Crippen LogP) is 1.36. The average Bonchev–Trinajstić information content (AvgIpc) is 2.81. The van der Waals surface area contributed by atoms with Crippen LogP contribution in [0.25, 0.3) is 0 Å². The fraction of sp³-hybridized carbons (Fsp3) is 0.500. The number of nitrogens with one attached hydrogen (secondary N) is 2. The van der Waals surface area contributed by atoms with E-state index in [0.717, 1.165) is 0 Å². The van der Waals surface area contributed by atoms with Gasteiger partial charge in [-0.15, -0.1) is 0 Å². The quantitative estimate of drug-likeness (QED) is 0.567. The van der Waals surface area contributed by atoms with Crippen molar-refractivity contribution in [1.82, 2.24) is 20.1 Å². The number of anilines is 2. The van der Waals surface area contributed by atoms with Crippen LogP contribution in [0.1, 0.15) is 38.3 Å². The molecule has 0 spiro atoms. The van der Waals surface area contributed by atoms with Crippen LogP contribution in [0.4, 0.5) is 11.6 Å². The Morgan fingerprint density at radius 2 is 1.90 bits per heavy atom. The highest BCUT2D eigenvalue weighted by molar-refractivity contribution is 5.47. The lowest BCUT2D eigenvalue weighted by atomic mass is 9.96. The lowest BCUT2D eigenvalue weighted by Crippen LogP contribution is -2.20. The summed E-state index contributed by atoms with van der Waals surface area (Å²) in [6.45, 7) is 8.27. The second kappa shape index (κ2) is 5.41. The molecular weight excluding hydrogens is 258 g/mol. The summed E-state index contributed by atoms with van der Waals surface area (Å²) in [6.07, 6.45) is 0. The van der Waals surface area contributed by atoms with Crippen molar-refractivity contribution < 1.29 is 4.52 Å². The first-order valence-electron chi connectivity index (χ1n) is 6.28. The van der Waals surface area contributed by atoms with Gasteiger partial charge in [0.25, 0.3) is 0 Å². The molecule has 2 heterocycles. The monoisotopic (exact) mass is 277 g/mol. The van der Waals surface area contributed by atoms with Crippen LogP contribution in [-0.2, 0) is 12.0 Å². The minimum Gasteiger partial charge on any atom is -0.361 e. The molecule has 4 N–H and O–H groups in total. The number of hydrogen-bond donors (Lipinski definition) is 3. The van der Waals surface area contributed by atoms with E-state index in [-0.39, 0.29) is 5.41 Å². The van der Waals surface area contributed by atoms with E-state index in [2.05, 4.69) is 30.9 Å². The molecule has 0 aromatic carbocycles. The molecule has 0 aliphatic carbocycles. The summed E-state index contributed by atoms with van der Waals surface area (Å²) in [6, 6.07) is 1.72. The van der Waals surface area contributed by atoms with Gasteiger partial charge in [-0.05, 0) is 6.92 Å². The van der Waals surface area contributed by atoms with E-state index in [4.69, 9.17) is 10.4 Å². The van der Waals surface area contributed by atoms with Gasteiger partial charge in [-0.1, -0.05) is 25.9 Å². The fourth-order valence-electron chi connectivity index (χ4n) is 1.53. The maximum atomic E-state index is 5.43. The molecule has 0 aliphatic heterocycles. The van der Waals surface area contributed by atoms with Gasteiger partial charge in [-0.3, -0.25) is 0 Å². The third-order valence-corrected chi connectivity index (χ3v) is 2.54. The van der Waals surface area contributed by atoms with Crippen LogP contribution in [0.3, 0.4) is 0 Å². The van der Waals surface area contributed by atoms with Gasteiger partial charge in [-0.2, -0.15) is 4.98 Å². The zero-order valence-corrected chi connectivity index (χ0v) is 12.1. The molecule has 0 aliphatic rings. The van der Waals surface area contributed by atoms with Crippen molar-refractivity contribution in [3.63, 3.8) is 0 Å². The van der Waals surface area contributed by atoms with Gasteiger partial charge in [0.05, 0.1) is 6.54 Å². The van der Waals surface area contributed by atoms with Crippen LogP contribution in [0.15, 0.2) is 10.6 Å². The van der Waals surface area contributed by atoms with Crippen LogP contribution in [0, 0.1) is 6.92 Å². The molecule has 0 atom stereocenters. The highest BCUT2D eigenvalue weighted by atomic mass is 16.5. The van der Waals surface area contributed by atoms with Crippen molar-refractivity contribution >= 4 is 11.6 Å². The van der Waals surface area contributed by atoms with Gasteiger partial charge in [-0.25, -0.2) is 15.8 Å². The molecule has 0 radical (unpaired) electrons. The zero-order chi connectivity index (χ0) is 14.8. The summed E-state index contributed by atoms with van der Waals surface area (Å²) in [5.41, 5.74) is 2.36. The Balaban J connectivity index is 2.18. The van der Waals surface area contributed by atoms with Crippen LogP contribution in [0.5, 0.6) is 0 Å². The second-order valence-electron chi connectivity index (χ2n) is 5.45. The molecule has 2 rings (SSSR count). The summed E-state index contributed by atoms with van der Waals surface area (Å²) in [5, 5.41) is 6.85. The third-order valence-electron chi connectivity index (χ3n) is 2.54. The summed E-state index contributed by atoms with van der Waals surface area (Å²) in [7, 11) is 0. The fourth-order valence-corrected chi connectivity index (χ4v) is 1.53. The van der Waals surface area contributed by atoms with E-state index in [1.54, 1.807) is 13.0 Å². The van der Waals surface area contributed by atoms with Crippen molar-refractivity contribution in [3.8, 4) is 0 Å². The first kappa shape index (κ1) is 14.2. The van der Waals surface area contributed by atoms with Crippen LogP contribution >= 0.6 is 0 Å². The minimum atomic E-state index is -0.176. The summed E-state index contributed by atoms with van der Waals surface area (Å²) in [4.78, 5) is 12.9.